The lowest BCUT2D eigenvalue weighted by Gasteiger charge is -2.24. The van der Waals surface area contributed by atoms with Crippen LogP contribution in [-0.2, 0) is 5.41 Å². The molecular weight excluding hydrogens is 496 g/mol. The van der Waals surface area contributed by atoms with Crippen LogP contribution in [0.2, 0.25) is 0 Å². The first-order chi connectivity index (χ1) is 20.1. The summed E-state index contributed by atoms with van der Waals surface area (Å²) in [4.78, 5) is 0. The molecule has 0 atom stereocenters. The van der Waals surface area contributed by atoms with Crippen LogP contribution in [0.4, 0.5) is 0 Å². The molecule has 9 rings (SSSR count). The standard InChI is InChI=1S/C39H28N2/c1-39(2)32-19-9-6-15-26(32)29-23-24-31-28-17-8-11-21-34(28)41(38(31)36(29)39)35-22-12-18-30-27-16-7-10-20-33(27)40(37(30)35)25-13-4-3-5-14-25/h3-24H,1-2H3. The Balaban J connectivity index is 1.52. The third-order valence-corrected chi connectivity index (χ3v) is 9.28. The number of fused-ring (bicyclic) bond motifs is 10. The summed E-state index contributed by atoms with van der Waals surface area (Å²) >= 11 is 0. The first kappa shape index (κ1) is 22.7. The zero-order valence-corrected chi connectivity index (χ0v) is 23.1. The molecule has 2 nitrogen and oxygen atoms in total. The summed E-state index contributed by atoms with van der Waals surface area (Å²) in [7, 11) is 0. The van der Waals surface area contributed by atoms with Gasteiger partial charge < -0.3 is 9.13 Å². The normalized spacial score (nSPS) is 13.8. The predicted molar refractivity (Wildman–Crippen MR) is 173 cm³/mol. The fourth-order valence-electron chi connectivity index (χ4n) is 7.59. The van der Waals surface area contributed by atoms with Gasteiger partial charge in [0.2, 0.25) is 0 Å². The monoisotopic (exact) mass is 524 g/mol. The van der Waals surface area contributed by atoms with Crippen LogP contribution >= 0.6 is 0 Å². The smallest absolute Gasteiger partial charge is 0.0782 e. The molecule has 1 aliphatic carbocycles. The van der Waals surface area contributed by atoms with Gasteiger partial charge in [-0.05, 0) is 52.6 Å². The van der Waals surface area contributed by atoms with Gasteiger partial charge in [-0.1, -0.05) is 117 Å². The van der Waals surface area contributed by atoms with E-state index in [9.17, 15) is 0 Å². The molecule has 0 aliphatic heterocycles. The Kier molecular flexibility index (Phi) is 4.42. The molecule has 8 aromatic rings. The Labute approximate surface area is 238 Å². The number of hydrogen-bond donors (Lipinski definition) is 0. The summed E-state index contributed by atoms with van der Waals surface area (Å²) in [5, 5.41) is 5.13. The number of rotatable bonds is 2. The van der Waals surface area contributed by atoms with Crippen molar-refractivity contribution in [2.75, 3.05) is 0 Å². The lowest BCUT2D eigenvalue weighted by atomic mass is 9.81. The Morgan fingerprint density at radius 1 is 0.439 bits per heavy atom. The van der Waals surface area contributed by atoms with Crippen LogP contribution in [0, 0.1) is 0 Å². The van der Waals surface area contributed by atoms with Crippen LogP contribution in [0.1, 0.15) is 25.0 Å². The highest BCUT2D eigenvalue weighted by Crippen LogP contribution is 2.53. The highest BCUT2D eigenvalue weighted by molar-refractivity contribution is 6.16. The minimum Gasteiger partial charge on any atom is -0.307 e. The summed E-state index contributed by atoms with van der Waals surface area (Å²) in [6.07, 6.45) is 0. The summed E-state index contributed by atoms with van der Waals surface area (Å²) in [6.45, 7) is 4.78. The van der Waals surface area contributed by atoms with Crippen LogP contribution in [0.3, 0.4) is 0 Å². The molecule has 2 heteroatoms. The van der Waals surface area contributed by atoms with Crippen molar-refractivity contribution in [3.8, 4) is 22.5 Å². The number of aromatic nitrogens is 2. The SMILES string of the molecule is CC1(C)c2ccccc2-c2ccc3c4ccccc4n(-c4cccc5c6ccccc6n(-c6ccccc6)c45)c3c21. The molecule has 2 aromatic heterocycles. The quantitative estimate of drug-likeness (QED) is 0.213. The molecule has 0 unspecified atom stereocenters. The fraction of sp³-hybridized carbons (Fsp3) is 0.0769. The minimum absolute atomic E-state index is 0.127. The predicted octanol–water partition coefficient (Wildman–Crippen LogP) is 10.2. The molecule has 0 spiro atoms. The van der Waals surface area contributed by atoms with Gasteiger partial charge in [0, 0.05) is 32.6 Å². The number of benzene rings is 6. The number of nitrogens with zero attached hydrogens (tertiary/aromatic N) is 2. The molecule has 2 heterocycles. The molecule has 0 bridgehead atoms. The Morgan fingerprint density at radius 3 is 1.83 bits per heavy atom. The fourth-order valence-corrected chi connectivity index (χ4v) is 7.59. The van der Waals surface area contributed by atoms with Gasteiger partial charge in [0.05, 0.1) is 27.8 Å². The molecule has 0 N–H and O–H groups in total. The maximum Gasteiger partial charge on any atom is 0.0782 e. The molecule has 194 valence electrons. The van der Waals surface area contributed by atoms with Crippen LogP contribution < -0.4 is 0 Å². The zero-order chi connectivity index (χ0) is 27.3. The van der Waals surface area contributed by atoms with E-state index in [4.69, 9.17) is 0 Å². The van der Waals surface area contributed by atoms with Gasteiger partial charge in [-0.15, -0.1) is 0 Å². The second-order valence-electron chi connectivity index (χ2n) is 11.8. The lowest BCUT2D eigenvalue weighted by molar-refractivity contribution is 0.664. The van der Waals surface area contributed by atoms with Gasteiger partial charge in [0.15, 0.2) is 0 Å². The van der Waals surface area contributed by atoms with Crippen molar-refractivity contribution in [3.63, 3.8) is 0 Å². The summed E-state index contributed by atoms with van der Waals surface area (Å²) in [5.74, 6) is 0. The van der Waals surface area contributed by atoms with Gasteiger partial charge in [-0.3, -0.25) is 0 Å². The van der Waals surface area contributed by atoms with Crippen molar-refractivity contribution >= 4 is 43.6 Å². The summed E-state index contributed by atoms with van der Waals surface area (Å²) < 4.78 is 5.00. The van der Waals surface area contributed by atoms with Crippen LogP contribution in [-0.4, -0.2) is 9.13 Å². The molecule has 0 amide bonds. The van der Waals surface area contributed by atoms with E-state index in [1.807, 2.05) is 0 Å². The average molecular weight is 525 g/mol. The minimum atomic E-state index is -0.127. The van der Waals surface area contributed by atoms with Crippen LogP contribution in [0.5, 0.6) is 0 Å². The topological polar surface area (TPSA) is 9.86 Å². The summed E-state index contributed by atoms with van der Waals surface area (Å²) in [6, 6.07) is 48.9. The van der Waals surface area contributed by atoms with Crippen molar-refractivity contribution in [1.29, 1.82) is 0 Å². The van der Waals surface area contributed by atoms with Gasteiger partial charge in [0.25, 0.3) is 0 Å². The average Bonchev–Trinajstić information content (AvgIpc) is 3.62. The highest BCUT2D eigenvalue weighted by atomic mass is 15.1. The molecule has 1 aliphatic rings. The van der Waals surface area contributed by atoms with Crippen molar-refractivity contribution in [2.45, 2.75) is 19.3 Å². The van der Waals surface area contributed by atoms with E-state index in [1.165, 1.54) is 77.2 Å². The Hall–Kier alpha value is -5.08. The van der Waals surface area contributed by atoms with Crippen molar-refractivity contribution < 1.29 is 0 Å². The van der Waals surface area contributed by atoms with E-state index < -0.39 is 0 Å². The molecule has 0 fully saturated rings. The molecule has 6 aromatic carbocycles. The van der Waals surface area contributed by atoms with Gasteiger partial charge in [-0.25, -0.2) is 0 Å². The van der Waals surface area contributed by atoms with Gasteiger partial charge >= 0.3 is 0 Å². The Morgan fingerprint density at radius 2 is 1.05 bits per heavy atom. The molecule has 41 heavy (non-hydrogen) atoms. The van der Waals surface area contributed by atoms with E-state index in [0.717, 1.165) is 0 Å². The summed E-state index contributed by atoms with van der Waals surface area (Å²) in [5.41, 5.74) is 12.7. The first-order valence-corrected chi connectivity index (χ1v) is 14.4. The maximum absolute atomic E-state index is 2.55. The lowest BCUT2D eigenvalue weighted by Crippen LogP contribution is -2.16. The second-order valence-corrected chi connectivity index (χ2v) is 11.8. The van der Waals surface area contributed by atoms with Crippen molar-refractivity contribution in [3.05, 3.63) is 145 Å². The Bertz CT molecular complexity index is 2330. The first-order valence-electron chi connectivity index (χ1n) is 14.4. The molecule has 0 saturated heterocycles. The van der Waals surface area contributed by atoms with Crippen LogP contribution in [0.25, 0.3) is 66.1 Å². The van der Waals surface area contributed by atoms with E-state index in [-0.39, 0.29) is 5.41 Å². The zero-order valence-electron chi connectivity index (χ0n) is 23.1. The number of hydrogen-bond acceptors (Lipinski definition) is 0. The van der Waals surface area contributed by atoms with Crippen molar-refractivity contribution in [1.82, 2.24) is 9.13 Å². The number of para-hydroxylation sites is 4. The molecular formula is C39H28N2. The van der Waals surface area contributed by atoms with Crippen LogP contribution in [0.15, 0.2) is 133 Å². The van der Waals surface area contributed by atoms with Gasteiger partial charge in [0.1, 0.15) is 0 Å². The van der Waals surface area contributed by atoms with Gasteiger partial charge in [-0.2, -0.15) is 0 Å². The van der Waals surface area contributed by atoms with E-state index in [0.29, 0.717) is 0 Å². The van der Waals surface area contributed by atoms with Crippen molar-refractivity contribution in [2.24, 2.45) is 0 Å². The molecule has 0 radical (unpaired) electrons. The molecule has 0 saturated carbocycles. The third kappa shape index (κ3) is 2.87. The third-order valence-electron chi connectivity index (χ3n) is 9.28. The largest absolute Gasteiger partial charge is 0.307 e. The highest BCUT2D eigenvalue weighted by Gasteiger charge is 2.38. The van der Waals surface area contributed by atoms with E-state index >= 15 is 0 Å². The maximum atomic E-state index is 2.55. The second kappa shape index (κ2) is 7.99. The van der Waals surface area contributed by atoms with E-state index in [1.54, 1.807) is 0 Å². The van der Waals surface area contributed by atoms with E-state index in [2.05, 4.69) is 156 Å².